The fourth-order valence-corrected chi connectivity index (χ4v) is 6.74. The number of fused-ring (bicyclic) bond motifs is 2. The molecule has 1 aliphatic heterocycles. The van der Waals surface area contributed by atoms with Crippen molar-refractivity contribution in [2.75, 3.05) is 0 Å². The summed E-state index contributed by atoms with van der Waals surface area (Å²) in [6.07, 6.45) is -0.674. The summed E-state index contributed by atoms with van der Waals surface area (Å²) in [5, 5.41) is -2.77. The highest BCUT2D eigenvalue weighted by atomic mass is 32.2. The van der Waals surface area contributed by atoms with Crippen LogP contribution in [0.3, 0.4) is 0 Å². The summed E-state index contributed by atoms with van der Waals surface area (Å²) in [5.74, 6) is 0. The third-order valence-corrected chi connectivity index (χ3v) is 8.83. The molecule has 9 aromatic rings. The molecule has 9 aromatic carbocycles. The van der Waals surface area contributed by atoms with Gasteiger partial charge in [0.25, 0.3) is 0 Å². The average molecular weight is 627 g/mol. The molecule has 10 rings (SSSR count). The van der Waals surface area contributed by atoms with E-state index in [9.17, 15) is 15.1 Å². The molecule has 0 radical (unpaired) electrons. The van der Waals surface area contributed by atoms with Gasteiger partial charge < -0.3 is 0 Å². The molecule has 0 aromatic heterocycles. The van der Waals surface area contributed by atoms with E-state index in [1.165, 1.54) is 0 Å². The molecule has 46 heavy (non-hydrogen) atoms. The van der Waals surface area contributed by atoms with Crippen LogP contribution in [0.25, 0.3) is 76.5 Å². The van der Waals surface area contributed by atoms with E-state index in [-0.39, 0.29) is 59.0 Å². The topological polar surface area (TPSA) is 0 Å². The largest absolute Gasteiger partial charge is 0.0888 e. The summed E-state index contributed by atoms with van der Waals surface area (Å²) in [6.45, 7) is 0. The predicted octanol–water partition coefficient (Wildman–Crippen LogP) is 12.8. The van der Waals surface area contributed by atoms with E-state index < -0.39 is 202 Å². The van der Waals surface area contributed by atoms with Crippen LogP contribution in [0.2, 0.25) is 0 Å². The third kappa shape index (κ3) is 3.95. The van der Waals surface area contributed by atoms with E-state index in [0.29, 0.717) is 11.8 Å². The molecular formula is C45H28S. The highest BCUT2D eigenvalue weighted by molar-refractivity contribution is 7.99. The minimum Gasteiger partial charge on any atom is -0.0888 e. The molecule has 0 nitrogen and oxygen atoms in total. The highest BCUT2D eigenvalue weighted by Crippen LogP contribution is 2.49. The fourth-order valence-electron chi connectivity index (χ4n) is 5.77. The first-order valence-electron chi connectivity index (χ1n) is 26.9. The zero-order valence-electron chi connectivity index (χ0n) is 49.1. The molecule has 0 spiro atoms. The van der Waals surface area contributed by atoms with E-state index >= 15 is 0 Å². The second-order valence-corrected chi connectivity index (χ2v) is 11.4. The molecular weight excluding hydrogens is 573 g/mol. The van der Waals surface area contributed by atoms with Crippen LogP contribution in [0.15, 0.2) is 167 Å². The second-order valence-electron chi connectivity index (χ2n) is 10.4. The maximum absolute atomic E-state index is 9.76. The Morgan fingerprint density at radius 3 is 2.00 bits per heavy atom. The quantitative estimate of drug-likeness (QED) is 0.175. The van der Waals surface area contributed by atoms with Crippen LogP contribution in [0.4, 0.5) is 0 Å². The molecule has 0 unspecified atom stereocenters. The molecule has 0 N–H and O–H groups in total. The minimum absolute atomic E-state index is 0.0820. The van der Waals surface area contributed by atoms with Gasteiger partial charge in [-0.15, -0.1) is 0 Å². The van der Waals surface area contributed by atoms with Gasteiger partial charge in [-0.2, -0.15) is 0 Å². The van der Waals surface area contributed by atoms with Crippen LogP contribution >= 0.6 is 11.8 Å². The molecule has 0 fully saturated rings. The van der Waals surface area contributed by atoms with Crippen molar-refractivity contribution in [3.63, 3.8) is 0 Å². The van der Waals surface area contributed by atoms with Gasteiger partial charge in [-0.1, -0.05) is 145 Å². The lowest BCUT2D eigenvalue weighted by atomic mass is 9.87. The first-order valence-corrected chi connectivity index (χ1v) is 14.7. The Bertz CT molecular complexity index is 4070. The van der Waals surface area contributed by atoms with Crippen molar-refractivity contribution in [2.24, 2.45) is 0 Å². The molecule has 1 aliphatic rings. The summed E-state index contributed by atoms with van der Waals surface area (Å²) in [4.78, 5) is -0.293. The summed E-state index contributed by atoms with van der Waals surface area (Å²) in [6, 6.07) is -19.6. The van der Waals surface area contributed by atoms with Crippen molar-refractivity contribution >= 4 is 54.9 Å². The summed E-state index contributed by atoms with van der Waals surface area (Å²) in [7, 11) is 0. The monoisotopic (exact) mass is 626 g/mol. The molecule has 0 amide bonds. The SMILES string of the molecule is [2H]c1c([2H])c([2H])c(Cc2c([2H])c([2H])c3c([2H])c([2H])c4c(-c5c([2H])c([2H])c([2H])c(-c6c([2H])c([2H])c7c(c6[2H])-c6c([2H])c([2H])c([2H])c8c([2H])c([2H])c([2H])c(c68)S7)c5[2H])c([2H])c([2H])c5c([2H])c([2H])c2c3c54)c([2H])c1[2H]. The van der Waals surface area contributed by atoms with Crippen LogP contribution in [-0.4, -0.2) is 0 Å². The fraction of sp³-hybridized carbons (Fsp3) is 0.0222. The average Bonchev–Trinajstić information content (AvgIpc) is 3.34. The Hall–Kier alpha value is -5.37. The van der Waals surface area contributed by atoms with Gasteiger partial charge in [-0.25, -0.2) is 0 Å². The summed E-state index contributed by atoms with van der Waals surface area (Å²) >= 11 is 0.652. The van der Waals surface area contributed by atoms with Gasteiger partial charge in [0, 0.05) is 15.2 Å². The maximum Gasteiger partial charge on any atom is 0.0636 e. The Morgan fingerprint density at radius 2 is 1.11 bits per heavy atom. The van der Waals surface area contributed by atoms with Crippen LogP contribution < -0.4 is 0 Å². The third-order valence-electron chi connectivity index (χ3n) is 7.81. The van der Waals surface area contributed by atoms with Crippen molar-refractivity contribution in [3.8, 4) is 33.4 Å². The number of benzene rings is 9. The van der Waals surface area contributed by atoms with E-state index in [0.717, 1.165) is 0 Å². The molecule has 214 valence electrons. The lowest BCUT2D eigenvalue weighted by Gasteiger charge is -2.21. The number of hydrogen-bond acceptors (Lipinski definition) is 1. The molecule has 0 bridgehead atoms. The lowest BCUT2D eigenvalue weighted by Crippen LogP contribution is -1.94. The Balaban J connectivity index is 1.35. The number of rotatable bonds is 4. The standard InChI is InChI=1S/C45H28S/c1-2-7-28(8-3-1)25-35-16-15-30-19-23-39-36(21-17-31-18-22-37(35)44(30)45(31)39)34-12-4-11-32(26-34)33-20-24-41-40(27-33)38-13-5-9-29-10-6-14-42(46-41)43(29)38/h1-24,26-27H,25H2/i1D,2D,3D,4D,5D,6D,7D,8D,9D,10D,11D,12D,13D,14D,15D,16D,17D,18D,19D,20D,21D,22D,23D,24D,26D,27D. The van der Waals surface area contributed by atoms with Gasteiger partial charge in [0.1, 0.15) is 0 Å². The normalized spacial score (nSPS) is 20.3. The first-order chi connectivity index (χ1) is 33.6. The lowest BCUT2D eigenvalue weighted by molar-refractivity contribution is 1.22. The molecule has 1 heterocycles. The van der Waals surface area contributed by atoms with Crippen molar-refractivity contribution in [1.82, 2.24) is 0 Å². The number of hydrogen-bond donors (Lipinski definition) is 0. The van der Waals surface area contributed by atoms with Crippen LogP contribution in [-0.2, 0) is 6.42 Å². The molecule has 0 saturated heterocycles. The van der Waals surface area contributed by atoms with E-state index in [1.54, 1.807) is 0 Å². The van der Waals surface area contributed by atoms with E-state index in [4.69, 9.17) is 20.6 Å². The maximum atomic E-state index is 9.76. The molecule has 1 heteroatoms. The Morgan fingerprint density at radius 1 is 0.413 bits per heavy atom. The van der Waals surface area contributed by atoms with Gasteiger partial charge in [0.15, 0.2) is 0 Å². The van der Waals surface area contributed by atoms with Gasteiger partial charge in [0.05, 0.1) is 35.6 Å². The minimum atomic E-state index is -0.980. The van der Waals surface area contributed by atoms with Gasteiger partial charge in [0.2, 0.25) is 0 Å². The van der Waals surface area contributed by atoms with Gasteiger partial charge in [-0.05, 0) is 113 Å². The van der Waals surface area contributed by atoms with Gasteiger partial charge in [-0.3, -0.25) is 0 Å². The Labute approximate surface area is 308 Å². The molecule has 0 atom stereocenters. The van der Waals surface area contributed by atoms with Crippen molar-refractivity contribution in [2.45, 2.75) is 16.2 Å². The van der Waals surface area contributed by atoms with Crippen LogP contribution in [0, 0.1) is 0 Å². The van der Waals surface area contributed by atoms with Crippen LogP contribution in [0.1, 0.15) is 46.8 Å². The summed E-state index contributed by atoms with van der Waals surface area (Å²) in [5.41, 5.74) is -4.13. The smallest absolute Gasteiger partial charge is 0.0636 e. The van der Waals surface area contributed by atoms with Crippen molar-refractivity contribution in [3.05, 3.63) is 168 Å². The molecule has 0 saturated carbocycles. The van der Waals surface area contributed by atoms with Crippen LogP contribution in [0.5, 0.6) is 0 Å². The van der Waals surface area contributed by atoms with E-state index in [1.807, 2.05) is 0 Å². The van der Waals surface area contributed by atoms with E-state index in [2.05, 4.69) is 0 Å². The highest BCUT2D eigenvalue weighted by Gasteiger charge is 2.20. The zero-order valence-corrected chi connectivity index (χ0v) is 23.9. The van der Waals surface area contributed by atoms with Gasteiger partial charge >= 0.3 is 0 Å². The Kier molecular flexibility index (Phi) is 2.44. The summed E-state index contributed by atoms with van der Waals surface area (Å²) < 4.78 is 233. The zero-order chi connectivity index (χ0) is 52.8. The van der Waals surface area contributed by atoms with Crippen molar-refractivity contribution < 1.29 is 35.6 Å². The first kappa shape index (κ1) is 11.2. The predicted molar refractivity (Wildman–Crippen MR) is 197 cm³/mol. The molecule has 0 aliphatic carbocycles. The van der Waals surface area contributed by atoms with Crippen molar-refractivity contribution in [1.29, 1.82) is 0 Å². The second kappa shape index (κ2) is 10.1.